The van der Waals surface area contributed by atoms with Crippen LogP contribution in [0.2, 0.25) is 0 Å². The molecule has 0 rings (SSSR count). The van der Waals surface area contributed by atoms with E-state index >= 15 is 0 Å². The molecule has 0 bridgehead atoms. The Hall–Kier alpha value is -1.10. The molecule has 0 aromatic heterocycles. The molecule has 0 aromatic rings. The molecule has 106 valence electrons. The average Bonchev–Trinajstić information content (AvgIpc) is 2.27. The zero-order valence-electron chi connectivity index (χ0n) is 11.7. The van der Waals surface area contributed by atoms with Gasteiger partial charge in [-0.3, -0.25) is 14.5 Å². The fourth-order valence-corrected chi connectivity index (χ4v) is 1.60. The maximum Gasteiger partial charge on any atom is 0.303 e. The van der Waals surface area contributed by atoms with Gasteiger partial charge in [0.1, 0.15) is 0 Å². The Morgan fingerprint density at radius 1 is 1.28 bits per heavy atom. The second-order valence-corrected chi connectivity index (χ2v) is 4.77. The van der Waals surface area contributed by atoms with E-state index < -0.39 is 5.97 Å². The molecule has 0 spiro atoms. The summed E-state index contributed by atoms with van der Waals surface area (Å²) in [5.41, 5.74) is 0. The van der Waals surface area contributed by atoms with Gasteiger partial charge in [0.2, 0.25) is 5.91 Å². The summed E-state index contributed by atoms with van der Waals surface area (Å²) in [4.78, 5) is 24.1. The number of nitrogens with one attached hydrogen (secondary N) is 1. The van der Waals surface area contributed by atoms with Crippen molar-refractivity contribution >= 4 is 11.9 Å². The zero-order valence-corrected chi connectivity index (χ0v) is 11.7. The van der Waals surface area contributed by atoms with Crippen molar-refractivity contribution in [1.82, 2.24) is 10.2 Å². The molecule has 0 saturated heterocycles. The molecule has 0 unspecified atom stereocenters. The lowest BCUT2D eigenvalue weighted by atomic mass is 10.2. The predicted molar refractivity (Wildman–Crippen MR) is 71.5 cm³/mol. The summed E-state index contributed by atoms with van der Waals surface area (Å²) < 4.78 is 0. The molecule has 2 N–H and O–H groups in total. The van der Waals surface area contributed by atoms with Gasteiger partial charge in [-0.05, 0) is 33.2 Å². The zero-order chi connectivity index (χ0) is 14.0. The normalized spacial score (nSPS) is 10.9. The number of amides is 1. The Bertz CT molecular complexity index is 255. The van der Waals surface area contributed by atoms with E-state index in [0.717, 1.165) is 19.4 Å². The van der Waals surface area contributed by atoms with Crippen LogP contribution in [0, 0.1) is 0 Å². The number of rotatable bonds is 10. The molecular formula is C13H26N2O3. The van der Waals surface area contributed by atoms with E-state index in [4.69, 9.17) is 5.11 Å². The minimum Gasteiger partial charge on any atom is -0.481 e. The van der Waals surface area contributed by atoms with Crippen LogP contribution < -0.4 is 5.32 Å². The van der Waals surface area contributed by atoms with Crippen molar-refractivity contribution in [1.29, 1.82) is 0 Å². The highest BCUT2D eigenvalue weighted by molar-refractivity contribution is 5.78. The van der Waals surface area contributed by atoms with E-state index in [1.54, 1.807) is 0 Å². The summed E-state index contributed by atoms with van der Waals surface area (Å²) in [6.07, 6.45) is 2.79. The van der Waals surface area contributed by atoms with Crippen LogP contribution in [0.3, 0.4) is 0 Å². The van der Waals surface area contributed by atoms with Gasteiger partial charge in [-0.25, -0.2) is 0 Å². The first-order valence-corrected chi connectivity index (χ1v) is 6.69. The van der Waals surface area contributed by atoms with Gasteiger partial charge >= 0.3 is 5.97 Å². The minimum atomic E-state index is -0.786. The highest BCUT2D eigenvalue weighted by Crippen LogP contribution is 2.01. The molecule has 0 aliphatic carbocycles. The molecule has 0 heterocycles. The van der Waals surface area contributed by atoms with Crippen molar-refractivity contribution in [2.24, 2.45) is 0 Å². The molecule has 18 heavy (non-hydrogen) atoms. The number of aliphatic carboxylic acids is 1. The molecule has 0 atom stereocenters. The van der Waals surface area contributed by atoms with Gasteiger partial charge in [-0.2, -0.15) is 0 Å². The summed E-state index contributed by atoms with van der Waals surface area (Å²) in [6.45, 7) is 7.82. The molecule has 0 aliphatic rings. The first kappa shape index (κ1) is 16.9. The third kappa shape index (κ3) is 8.98. The van der Waals surface area contributed by atoms with Crippen molar-refractivity contribution in [3.05, 3.63) is 0 Å². The van der Waals surface area contributed by atoms with Crippen LogP contribution in [0.25, 0.3) is 0 Å². The van der Waals surface area contributed by atoms with Crippen LogP contribution in [-0.4, -0.2) is 47.6 Å². The largest absolute Gasteiger partial charge is 0.481 e. The van der Waals surface area contributed by atoms with Crippen molar-refractivity contribution in [2.45, 2.75) is 52.5 Å². The fraction of sp³-hybridized carbons (Fsp3) is 0.846. The number of carboxylic acids is 1. The number of carboxylic acid groups (broad SMARTS) is 1. The van der Waals surface area contributed by atoms with E-state index in [1.165, 1.54) is 0 Å². The third-order valence-electron chi connectivity index (χ3n) is 2.77. The maximum absolute atomic E-state index is 11.7. The Morgan fingerprint density at radius 2 is 1.94 bits per heavy atom. The molecule has 0 fully saturated rings. The summed E-state index contributed by atoms with van der Waals surface area (Å²) >= 11 is 0. The second-order valence-electron chi connectivity index (χ2n) is 4.77. The molecule has 5 heteroatoms. The lowest BCUT2D eigenvalue weighted by molar-refractivity contribution is -0.137. The Labute approximate surface area is 110 Å². The second kappa shape index (κ2) is 9.88. The highest BCUT2D eigenvalue weighted by atomic mass is 16.4. The van der Waals surface area contributed by atoms with Gasteiger partial charge in [0.05, 0.1) is 6.54 Å². The molecule has 1 amide bonds. The summed E-state index contributed by atoms with van der Waals surface area (Å²) in [7, 11) is 0. The van der Waals surface area contributed by atoms with Crippen LogP contribution in [-0.2, 0) is 9.59 Å². The highest BCUT2D eigenvalue weighted by Gasteiger charge is 2.13. The van der Waals surface area contributed by atoms with E-state index in [0.29, 0.717) is 19.5 Å². The summed E-state index contributed by atoms with van der Waals surface area (Å²) in [5, 5.41) is 11.5. The van der Waals surface area contributed by atoms with Gasteiger partial charge in [0, 0.05) is 19.0 Å². The molecule has 0 aliphatic heterocycles. The summed E-state index contributed by atoms with van der Waals surface area (Å²) in [5.74, 6) is -0.765. The first-order chi connectivity index (χ1) is 8.47. The topological polar surface area (TPSA) is 69.6 Å². The number of hydrogen-bond donors (Lipinski definition) is 2. The van der Waals surface area contributed by atoms with E-state index in [9.17, 15) is 9.59 Å². The Kier molecular flexibility index (Phi) is 9.28. The Balaban J connectivity index is 3.95. The van der Waals surface area contributed by atoms with Crippen LogP contribution in [0.4, 0.5) is 0 Å². The number of hydrogen-bond acceptors (Lipinski definition) is 3. The van der Waals surface area contributed by atoms with E-state index in [1.807, 2.05) is 18.7 Å². The standard InChI is InChI=1S/C13H26N2O3/c1-4-5-8-14-12(16)10-15(11(2)3)9-6-7-13(17)18/h11H,4-10H2,1-3H3,(H,14,16)(H,17,18). The van der Waals surface area contributed by atoms with E-state index in [-0.39, 0.29) is 18.4 Å². The maximum atomic E-state index is 11.7. The first-order valence-electron chi connectivity index (χ1n) is 6.69. The van der Waals surface area contributed by atoms with Gasteiger partial charge in [0.15, 0.2) is 0 Å². The van der Waals surface area contributed by atoms with Crippen LogP contribution in [0.15, 0.2) is 0 Å². The number of unbranched alkanes of at least 4 members (excludes halogenated alkanes) is 1. The fourth-order valence-electron chi connectivity index (χ4n) is 1.60. The van der Waals surface area contributed by atoms with Gasteiger partial charge in [-0.15, -0.1) is 0 Å². The Morgan fingerprint density at radius 3 is 2.44 bits per heavy atom. The third-order valence-corrected chi connectivity index (χ3v) is 2.77. The predicted octanol–water partition coefficient (Wildman–Crippen LogP) is 1.48. The molecule has 5 nitrogen and oxygen atoms in total. The van der Waals surface area contributed by atoms with Crippen LogP contribution in [0.1, 0.15) is 46.5 Å². The smallest absolute Gasteiger partial charge is 0.303 e. The SMILES string of the molecule is CCCCNC(=O)CN(CCCC(=O)O)C(C)C. The molecule has 0 aromatic carbocycles. The van der Waals surface area contributed by atoms with Gasteiger partial charge in [-0.1, -0.05) is 13.3 Å². The quantitative estimate of drug-likeness (QED) is 0.582. The lowest BCUT2D eigenvalue weighted by Crippen LogP contribution is -2.41. The van der Waals surface area contributed by atoms with Crippen molar-refractivity contribution in [3.8, 4) is 0 Å². The van der Waals surface area contributed by atoms with Crippen molar-refractivity contribution < 1.29 is 14.7 Å². The molecule has 0 radical (unpaired) electrons. The van der Waals surface area contributed by atoms with Crippen molar-refractivity contribution in [2.75, 3.05) is 19.6 Å². The molecule has 0 saturated carbocycles. The van der Waals surface area contributed by atoms with Crippen LogP contribution >= 0.6 is 0 Å². The van der Waals surface area contributed by atoms with Crippen LogP contribution in [0.5, 0.6) is 0 Å². The molecular weight excluding hydrogens is 232 g/mol. The lowest BCUT2D eigenvalue weighted by Gasteiger charge is -2.25. The monoisotopic (exact) mass is 258 g/mol. The number of carbonyl (C=O) groups excluding carboxylic acids is 1. The number of nitrogens with zero attached hydrogens (tertiary/aromatic N) is 1. The van der Waals surface area contributed by atoms with Gasteiger partial charge in [0.25, 0.3) is 0 Å². The minimum absolute atomic E-state index is 0.0208. The van der Waals surface area contributed by atoms with Crippen molar-refractivity contribution in [3.63, 3.8) is 0 Å². The van der Waals surface area contributed by atoms with Gasteiger partial charge < -0.3 is 10.4 Å². The van der Waals surface area contributed by atoms with E-state index in [2.05, 4.69) is 12.2 Å². The average molecular weight is 258 g/mol. The summed E-state index contributed by atoms with van der Waals surface area (Å²) in [6, 6.07) is 0.246. The number of carbonyl (C=O) groups is 2.